The van der Waals surface area contributed by atoms with Crippen molar-refractivity contribution in [1.29, 1.82) is 0 Å². The summed E-state index contributed by atoms with van der Waals surface area (Å²) >= 11 is 0. The Morgan fingerprint density at radius 2 is 1.41 bits per heavy atom. The smallest absolute Gasteiger partial charge is 0.261 e. The molecule has 2 aromatic rings. The molecule has 0 saturated heterocycles. The molecular weight excluding hydrogens is 434 g/mol. The quantitative estimate of drug-likeness (QED) is 0.342. The summed E-state index contributed by atoms with van der Waals surface area (Å²) < 4.78 is 7.11. The standard InChI is InChI=1S/C30H47NO2Si/c1-9-26(4)29(32)31(8)21-20-24(2)22-25(3)23-33-34(30(5,6)7,27-16-12-10-13-17-27)28-18-14-11-15-19-28/h10-19,24-26H,9,20-23H2,1-8H3/t24-,25-,26+/m0/s1. The van der Waals surface area contributed by atoms with E-state index in [1.54, 1.807) is 0 Å². The van der Waals surface area contributed by atoms with Crippen molar-refractivity contribution < 1.29 is 9.22 Å². The van der Waals surface area contributed by atoms with Gasteiger partial charge in [0.05, 0.1) is 0 Å². The molecule has 0 spiro atoms. The van der Waals surface area contributed by atoms with Crippen molar-refractivity contribution in [1.82, 2.24) is 4.90 Å². The molecule has 0 fully saturated rings. The molecule has 2 aromatic carbocycles. The van der Waals surface area contributed by atoms with E-state index in [0.29, 0.717) is 11.8 Å². The van der Waals surface area contributed by atoms with E-state index < -0.39 is 8.32 Å². The Hall–Kier alpha value is -1.91. The van der Waals surface area contributed by atoms with Crippen LogP contribution in [0.15, 0.2) is 60.7 Å². The molecule has 0 aromatic heterocycles. The Balaban J connectivity index is 2.11. The lowest BCUT2D eigenvalue weighted by atomic mass is 9.95. The average Bonchev–Trinajstić information content (AvgIpc) is 2.82. The maximum absolute atomic E-state index is 12.4. The molecule has 3 nitrogen and oxygen atoms in total. The van der Waals surface area contributed by atoms with Crippen molar-refractivity contribution in [3.05, 3.63) is 60.7 Å². The molecule has 0 aliphatic carbocycles. The van der Waals surface area contributed by atoms with Crippen LogP contribution in [0.5, 0.6) is 0 Å². The SMILES string of the molecule is CC[C@@H](C)C(=O)N(C)CC[C@H](C)C[C@H](C)CO[Si](c1ccccc1)(c1ccccc1)C(C)(C)C. The van der Waals surface area contributed by atoms with Crippen LogP contribution in [-0.4, -0.2) is 39.3 Å². The third-order valence-corrected chi connectivity index (χ3v) is 12.2. The fraction of sp³-hybridized carbons (Fsp3) is 0.567. The van der Waals surface area contributed by atoms with Crippen LogP contribution in [0.1, 0.15) is 67.7 Å². The van der Waals surface area contributed by atoms with Gasteiger partial charge in [-0.25, -0.2) is 0 Å². The van der Waals surface area contributed by atoms with Gasteiger partial charge in [-0.1, -0.05) is 109 Å². The zero-order valence-corrected chi connectivity index (χ0v) is 23.8. The molecule has 1 amide bonds. The summed E-state index contributed by atoms with van der Waals surface area (Å²) in [5, 5.41) is 2.67. The topological polar surface area (TPSA) is 29.5 Å². The highest BCUT2D eigenvalue weighted by molar-refractivity contribution is 6.99. The third kappa shape index (κ3) is 7.05. The Morgan fingerprint density at radius 1 is 0.912 bits per heavy atom. The van der Waals surface area contributed by atoms with E-state index in [2.05, 4.69) is 102 Å². The van der Waals surface area contributed by atoms with Crippen molar-refractivity contribution in [2.75, 3.05) is 20.2 Å². The molecule has 188 valence electrons. The number of hydrogen-bond donors (Lipinski definition) is 0. The molecule has 3 atom stereocenters. The summed E-state index contributed by atoms with van der Waals surface area (Å²) in [6, 6.07) is 21.7. The predicted octanol–water partition coefficient (Wildman–Crippen LogP) is 6.12. The van der Waals surface area contributed by atoms with Crippen molar-refractivity contribution in [2.24, 2.45) is 17.8 Å². The van der Waals surface area contributed by atoms with Gasteiger partial charge in [0.15, 0.2) is 0 Å². The van der Waals surface area contributed by atoms with Crippen LogP contribution >= 0.6 is 0 Å². The normalized spacial score (nSPS) is 14.9. The predicted molar refractivity (Wildman–Crippen MR) is 148 cm³/mol. The van der Waals surface area contributed by atoms with Gasteiger partial charge in [0.25, 0.3) is 8.32 Å². The molecule has 0 N–H and O–H groups in total. The highest BCUT2D eigenvalue weighted by atomic mass is 28.4. The second-order valence-electron chi connectivity index (χ2n) is 11.3. The zero-order valence-electron chi connectivity index (χ0n) is 22.8. The molecule has 2 rings (SSSR count). The maximum Gasteiger partial charge on any atom is 0.261 e. The van der Waals surface area contributed by atoms with Crippen LogP contribution in [0.25, 0.3) is 0 Å². The number of hydrogen-bond acceptors (Lipinski definition) is 2. The lowest BCUT2D eigenvalue weighted by Crippen LogP contribution is -2.66. The van der Waals surface area contributed by atoms with Crippen LogP contribution in [0.2, 0.25) is 5.04 Å². The molecule has 0 saturated carbocycles. The molecule has 0 unspecified atom stereocenters. The highest BCUT2D eigenvalue weighted by Gasteiger charge is 2.50. The van der Waals surface area contributed by atoms with Gasteiger partial charge in [-0.2, -0.15) is 0 Å². The van der Waals surface area contributed by atoms with E-state index >= 15 is 0 Å². The zero-order chi connectivity index (χ0) is 25.4. The third-order valence-electron chi connectivity index (χ3n) is 7.17. The van der Waals surface area contributed by atoms with E-state index in [1.165, 1.54) is 10.4 Å². The monoisotopic (exact) mass is 481 g/mol. The van der Waals surface area contributed by atoms with Gasteiger partial charge >= 0.3 is 0 Å². The number of carbonyl (C=O) groups is 1. The van der Waals surface area contributed by atoms with Gasteiger partial charge < -0.3 is 9.33 Å². The number of benzene rings is 2. The minimum Gasteiger partial charge on any atom is -0.407 e. The van der Waals surface area contributed by atoms with Crippen LogP contribution < -0.4 is 10.4 Å². The van der Waals surface area contributed by atoms with E-state index in [4.69, 9.17) is 4.43 Å². The lowest BCUT2D eigenvalue weighted by molar-refractivity contribution is -0.133. The average molecular weight is 482 g/mol. The Kier molecular flexibility index (Phi) is 10.6. The number of carbonyl (C=O) groups excluding carboxylic acids is 1. The first kappa shape index (κ1) is 28.3. The van der Waals surface area contributed by atoms with Crippen molar-refractivity contribution in [2.45, 2.75) is 72.8 Å². The van der Waals surface area contributed by atoms with Crippen molar-refractivity contribution in [3.8, 4) is 0 Å². The second kappa shape index (κ2) is 12.7. The number of amides is 1. The summed E-state index contributed by atoms with van der Waals surface area (Å²) in [5.74, 6) is 1.37. The van der Waals surface area contributed by atoms with E-state index in [0.717, 1.165) is 32.4 Å². The molecule has 0 bridgehead atoms. The van der Waals surface area contributed by atoms with Crippen molar-refractivity contribution >= 4 is 24.6 Å². The number of rotatable bonds is 12. The summed E-state index contributed by atoms with van der Waals surface area (Å²) in [4.78, 5) is 14.3. The summed E-state index contributed by atoms with van der Waals surface area (Å²) in [7, 11) is -0.543. The van der Waals surface area contributed by atoms with Crippen LogP contribution in [0, 0.1) is 17.8 Å². The molecule has 0 radical (unpaired) electrons. The molecule has 4 heteroatoms. The van der Waals surface area contributed by atoms with E-state index in [1.807, 2.05) is 18.9 Å². The molecule has 34 heavy (non-hydrogen) atoms. The summed E-state index contributed by atoms with van der Waals surface area (Å²) in [6.07, 6.45) is 3.03. The number of nitrogens with zero attached hydrogens (tertiary/aromatic N) is 1. The van der Waals surface area contributed by atoms with Crippen LogP contribution in [-0.2, 0) is 9.22 Å². The fourth-order valence-corrected chi connectivity index (χ4v) is 9.67. The van der Waals surface area contributed by atoms with Gasteiger partial charge in [-0.15, -0.1) is 0 Å². The Morgan fingerprint density at radius 3 is 1.85 bits per heavy atom. The lowest BCUT2D eigenvalue weighted by Gasteiger charge is -2.43. The highest BCUT2D eigenvalue weighted by Crippen LogP contribution is 2.37. The summed E-state index contributed by atoms with van der Waals surface area (Å²) in [5.41, 5.74) is 0. The van der Waals surface area contributed by atoms with E-state index in [9.17, 15) is 4.79 Å². The van der Waals surface area contributed by atoms with Crippen molar-refractivity contribution in [3.63, 3.8) is 0 Å². The molecule has 0 aliphatic rings. The van der Waals surface area contributed by atoms with Gasteiger partial charge in [0.1, 0.15) is 0 Å². The van der Waals surface area contributed by atoms with Gasteiger partial charge in [0.2, 0.25) is 5.91 Å². The molecular formula is C30H47NO2Si. The van der Waals surface area contributed by atoms with Crippen LogP contribution in [0.3, 0.4) is 0 Å². The molecule has 0 heterocycles. The van der Waals surface area contributed by atoms with Gasteiger partial charge in [0, 0.05) is 26.1 Å². The molecule has 0 aliphatic heterocycles. The minimum atomic E-state index is -2.48. The minimum absolute atomic E-state index is 0.0000866. The van der Waals surface area contributed by atoms with Crippen LogP contribution in [0.4, 0.5) is 0 Å². The fourth-order valence-electron chi connectivity index (χ4n) is 4.98. The first-order chi connectivity index (χ1) is 16.0. The summed E-state index contributed by atoms with van der Waals surface area (Å²) in [6.45, 7) is 17.3. The van der Waals surface area contributed by atoms with Gasteiger partial charge in [-0.05, 0) is 46.5 Å². The van der Waals surface area contributed by atoms with Gasteiger partial charge in [-0.3, -0.25) is 4.79 Å². The maximum atomic E-state index is 12.4. The largest absolute Gasteiger partial charge is 0.407 e. The Labute approximate surface area is 210 Å². The first-order valence-electron chi connectivity index (χ1n) is 13.0. The first-order valence-corrected chi connectivity index (χ1v) is 14.9. The second-order valence-corrected chi connectivity index (χ2v) is 15.6. The van der Waals surface area contributed by atoms with E-state index in [-0.39, 0.29) is 16.9 Å². The Bertz CT molecular complexity index is 823.